The second-order valence-corrected chi connectivity index (χ2v) is 2.61. The predicted molar refractivity (Wildman–Crippen MR) is 43.7 cm³/mol. The second kappa shape index (κ2) is 2.82. The molecule has 0 amide bonds. The van der Waals surface area contributed by atoms with Crippen molar-refractivity contribution in [2.45, 2.75) is 12.8 Å². The molecule has 0 bridgehead atoms. The topological polar surface area (TPSA) is 25.2 Å². The lowest BCUT2D eigenvalue weighted by molar-refractivity contribution is 0.951. The summed E-state index contributed by atoms with van der Waals surface area (Å²) in [6, 6.07) is 4.89. The Morgan fingerprint density at radius 1 is 1.45 bits per heavy atom. The standard InChI is InChI=1S/C9H9N2/c1-3-8(7-10-5-1)9-4-2-6-11-9/h3,5,7H,2,4,6H2. The van der Waals surface area contributed by atoms with E-state index >= 15 is 0 Å². The van der Waals surface area contributed by atoms with Gasteiger partial charge in [0.2, 0.25) is 0 Å². The Balaban J connectivity index is 2.29. The van der Waals surface area contributed by atoms with E-state index in [9.17, 15) is 0 Å². The normalized spacial score (nSPS) is 16.5. The third-order valence-corrected chi connectivity index (χ3v) is 1.81. The Labute approximate surface area is 66.0 Å². The number of hydrogen-bond acceptors (Lipinski definition) is 2. The average Bonchev–Trinajstić information content (AvgIpc) is 2.58. The highest BCUT2D eigenvalue weighted by Gasteiger charge is 2.07. The molecule has 1 aromatic heterocycles. The molecular weight excluding hydrogens is 136 g/mol. The van der Waals surface area contributed by atoms with Crippen LogP contribution < -0.4 is 0 Å². The van der Waals surface area contributed by atoms with Gasteiger partial charge in [-0.25, -0.2) is 0 Å². The highest BCUT2D eigenvalue weighted by molar-refractivity contribution is 6.01. The molecular formula is C9H9N2. The van der Waals surface area contributed by atoms with E-state index in [1.807, 2.05) is 12.3 Å². The zero-order chi connectivity index (χ0) is 7.52. The van der Waals surface area contributed by atoms with Crippen molar-refractivity contribution >= 4 is 5.71 Å². The van der Waals surface area contributed by atoms with Gasteiger partial charge in [0, 0.05) is 36.3 Å². The quantitative estimate of drug-likeness (QED) is 0.587. The number of aromatic nitrogens is 1. The molecule has 0 atom stereocenters. The molecule has 2 nitrogen and oxygen atoms in total. The SMILES string of the molecule is [c]1cncc(C2=NCCC2)c1. The van der Waals surface area contributed by atoms with Crippen molar-refractivity contribution in [1.29, 1.82) is 0 Å². The van der Waals surface area contributed by atoms with Crippen LogP contribution in [0.15, 0.2) is 23.5 Å². The minimum absolute atomic E-state index is 0.976. The van der Waals surface area contributed by atoms with Crippen LogP contribution in [0.5, 0.6) is 0 Å². The van der Waals surface area contributed by atoms with Crippen LogP contribution in [0.2, 0.25) is 0 Å². The van der Waals surface area contributed by atoms with Crippen LogP contribution in [-0.2, 0) is 0 Å². The lowest BCUT2D eigenvalue weighted by atomic mass is 10.1. The number of pyridine rings is 1. The molecule has 1 aliphatic heterocycles. The first-order chi connectivity index (χ1) is 5.47. The summed E-state index contributed by atoms with van der Waals surface area (Å²) in [6.45, 7) is 0.976. The first-order valence-corrected chi connectivity index (χ1v) is 3.81. The summed E-state index contributed by atoms with van der Waals surface area (Å²) in [5.74, 6) is 0. The lowest BCUT2D eigenvalue weighted by Gasteiger charge is -1.96. The summed E-state index contributed by atoms with van der Waals surface area (Å²) >= 11 is 0. The largest absolute Gasteiger partial charge is 0.289 e. The van der Waals surface area contributed by atoms with E-state index in [0.717, 1.165) is 18.5 Å². The first kappa shape index (κ1) is 6.53. The van der Waals surface area contributed by atoms with Gasteiger partial charge in [-0.3, -0.25) is 9.98 Å². The van der Waals surface area contributed by atoms with Gasteiger partial charge in [-0.1, -0.05) is 0 Å². The van der Waals surface area contributed by atoms with Crippen LogP contribution in [0.4, 0.5) is 0 Å². The van der Waals surface area contributed by atoms with Gasteiger partial charge in [0.25, 0.3) is 0 Å². The maximum Gasteiger partial charge on any atom is 0.0436 e. The van der Waals surface area contributed by atoms with Crippen molar-refractivity contribution in [2.75, 3.05) is 6.54 Å². The summed E-state index contributed by atoms with van der Waals surface area (Å²) in [5.41, 5.74) is 2.32. The molecule has 0 fully saturated rings. The van der Waals surface area contributed by atoms with E-state index in [1.54, 1.807) is 6.20 Å². The van der Waals surface area contributed by atoms with Gasteiger partial charge in [0.05, 0.1) is 0 Å². The van der Waals surface area contributed by atoms with Gasteiger partial charge in [0.15, 0.2) is 0 Å². The number of rotatable bonds is 1. The third kappa shape index (κ3) is 1.29. The van der Waals surface area contributed by atoms with E-state index < -0.39 is 0 Å². The minimum Gasteiger partial charge on any atom is -0.289 e. The second-order valence-electron chi connectivity index (χ2n) is 2.61. The van der Waals surface area contributed by atoms with E-state index in [2.05, 4.69) is 16.0 Å². The van der Waals surface area contributed by atoms with E-state index in [1.165, 1.54) is 12.1 Å². The van der Waals surface area contributed by atoms with Crippen molar-refractivity contribution in [2.24, 2.45) is 4.99 Å². The molecule has 1 aliphatic rings. The van der Waals surface area contributed by atoms with Gasteiger partial charge in [0.1, 0.15) is 0 Å². The molecule has 0 spiro atoms. The first-order valence-electron chi connectivity index (χ1n) is 3.81. The summed E-state index contributed by atoms with van der Waals surface area (Å²) in [5, 5.41) is 0. The van der Waals surface area contributed by atoms with E-state index in [-0.39, 0.29) is 0 Å². The number of nitrogens with zero attached hydrogens (tertiary/aromatic N) is 2. The number of hydrogen-bond donors (Lipinski definition) is 0. The molecule has 55 valence electrons. The third-order valence-electron chi connectivity index (χ3n) is 1.81. The summed E-state index contributed by atoms with van der Waals surface area (Å²) < 4.78 is 0. The predicted octanol–water partition coefficient (Wildman–Crippen LogP) is 1.46. The molecule has 2 rings (SSSR count). The molecule has 0 N–H and O–H groups in total. The zero-order valence-electron chi connectivity index (χ0n) is 6.25. The Morgan fingerprint density at radius 2 is 2.45 bits per heavy atom. The monoisotopic (exact) mass is 145 g/mol. The van der Waals surface area contributed by atoms with Gasteiger partial charge in [-0.2, -0.15) is 0 Å². The maximum atomic E-state index is 4.36. The molecule has 1 radical (unpaired) electrons. The molecule has 0 aromatic carbocycles. The van der Waals surface area contributed by atoms with Gasteiger partial charge >= 0.3 is 0 Å². The van der Waals surface area contributed by atoms with Gasteiger partial charge in [-0.05, 0) is 18.9 Å². The fourth-order valence-corrected chi connectivity index (χ4v) is 1.26. The Hall–Kier alpha value is -1.18. The van der Waals surface area contributed by atoms with Crippen LogP contribution in [0, 0.1) is 6.07 Å². The van der Waals surface area contributed by atoms with Crippen molar-refractivity contribution in [3.63, 3.8) is 0 Å². The van der Waals surface area contributed by atoms with Gasteiger partial charge < -0.3 is 0 Å². The van der Waals surface area contributed by atoms with Crippen molar-refractivity contribution in [3.05, 3.63) is 30.1 Å². The van der Waals surface area contributed by atoms with Crippen LogP contribution in [0.25, 0.3) is 0 Å². The fourth-order valence-electron chi connectivity index (χ4n) is 1.26. The zero-order valence-corrected chi connectivity index (χ0v) is 6.25. The summed E-state index contributed by atoms with van der Waals surface area (Å²) in [7, 11) is 0. The van der Waals surface area contributed by atoms with Crippen molar-refractivity contribution < 1.29 is 0 Å². The lowest BCUT2D eigenvalue weighted by Crippen LogP contribution is -1.95. The smallest absolute Gasteiger partial charge is 0.0436 e. The van der Waals surface area contributed by atoms with E-state index in [0.29, 0.717) is 0 Å². The summed E-state index contributed by atoms with van der Waals surface area (Å²) in [6.07, 6.45) is 5.80. The molecule has 0 unspecified atom stereocenters. The van der Waals surface area contributed by atoms with Crippen LogP contribution >= 0.6 is 0 Å². The van der Waals surface area contributed by atoms with E-state index in [4.69, 9.17) is 0 Å². The highest BCUT2D eigenvalue weighted by Crippen LogP contribution is 2.10. The van der Waals surface area contributed by atoms with Gasteiger partial charge in [-0.15, -0.1) is 0 Å². The molecule has 2 heteroatoms. The highest BCUT2D eigenvalue weighted by atomic mass is 14.8. The van der Waals surface area contributed by atoms with Crippen molar-refractivity contribution in [3.8, 4) is 0 Å². The fraction of sp³-hybridized carbons (Fsp3) is 0.333. The van der Waals surface area contributed by atoms with Crippen molar-refractivity contribution in [1.82, 2.24) is 4.98 Å². The molecule has 0 aliphatic carbocycles. The molecule has 1 aromatic rings. The Bertz CT molecular complexity index is 264. The van der Waals surface area contributed by atoms with Crippen LogP contribution in [0.3, 0.4) is 0 Å². The molecule has 0 saturated carbocycles. The Kier molecular flexibility index (Phi) is 1.68. The molecule has 0 saturated heterocycles. The van der Waals surface area contributed by atoms with Crippen LogP contribution in [-0.4, -0.2) is 17.2 Å². The molecule has 2 heterocycles. The molecule has 11 heavy (non-hydrogen) atoms. The summed E-state index contributed by atoms with van der Waals surface area (Å²) in [4.78, 5) is 8.36. The van der Waals surface area contributed by atoms with Crippen LogP contribution in [0.1, 0.15) is 18.4 Å². The average molecular weight is 145 g/mol. The maximum absolute atomic E-state index is 4.36. The Morgan fingerprint density at radius 3 is 3.09 bits per heavy atom. The number of aliphatic imine (C=N–C) groups is 1. The minimum atomic E-state index is 0.976.